The molecule has 3 saturated carbocycles. The van der Waals surface area contributed by atoms with Crippen molar-refractivity contribution in [2.24, 2.45) is 45.6 Å². The van der Waals surface area contributed by atoms with Crippen LogP contribution in [0.3, 0.4) is 0 Å². The van der Waals surface area contributed by atoms with Crippen molar-refractivity contribution in [1.29, 1.82) is 0 Å². The van der Waals surface area contributed by atoms with E-state index in [0.29, 0.717) is 30.5 Å². The minimum atomic E-state index is -1.03. The molecule has 0 aromatic carbocycles. The Bertz CT molecular complexity index is 1210. The number of esters is 1. The highest BCUT2D eigenvalue weighted by atomic mass is 16.6. The first-order chi connectivity index (χ1) is 18.9. The lowest BCUT2D eigenvalue weighted by Crippen LogP contribution is -2.74. The number of rotatable bonds is 3. The molecule has 11 unspecified atom stereocenters. The number of nitrogens with one attached hydrogen (secondary N) is 1. The summed E-state index contributed by atoms with van der Waals surface area (Å²) in [6.07, 6.45) is 3.35. The molecule has 3 aliphatic carbocycles. The highest BCUT2D eigenvalue weighted by Crippen LogP contribution is 2.68. The van der Waals surface area contributed by atoms with Crippen LogP contribution in [0.25, 0.3) is 0 Å². The van der Waals surface area contributed by atoms with Crippen LogP contribution in [0.15, 0.2) is 29.7 Å². The van der Waals surface area contributed by atoms with E-state index in [0.717, 1.165) is 12.8 Å². The fourth-order valence-electron chi connectivity index (χ4n) is 9.27. The Labute approximate surface area is 234 Å². The van der Waals surface area contributed by atoms with E-state index in [4.69, 9.17) is 14.3 Å². The molecule has 6 rings (SSSR count). The number of amides is 1. The summed E-state index contributed by atoms with van der Waals surface area (Å²) in [6.45, 7) is 8.72. The monoisotopic (exact) mass is 555 g/mol. The van der Waals surface area contributed by atoms with Crippen molar-refractivity contribution in [2.45, 2.75) is 89.9 Å². The average molecular weight is 556 g/mol. The van der Waals surface area contributed by atoms with Gasteiger partial charge in [-0.15, -0.1) is 0 Å². The number of pyridine rings is 1. The van der Waals surface area contributed by atoms with Gasteiger partial charge in [0, 0.05) is 41.5 Å². The molecule has 11 atom stereocenters. The lowest BCUT2D eigenvalue weighted by Gasteiger charge is -2.70. The largest absolute Gasteiger partial charge is 0.452 e. The quantitative estimate of drug-likeness (QED) is 0.382. The summed E-state index contributed by atoms with van der Waals surface area (Å²) in [4.78, 5) is 35.4. The Balaban J connectivity index is 1.45. The van der Waals surface area contributed by atoms with E-state index in [1.165, 1.54) is 13.3 Å². The van der Waals surface area contributed by atoms with Crippen LogP contribution in [0, 0.1) is 40.4 Å². The number of hydrogen-bond acceptors (Lipinski definition) is 9. The third kappa shape index (κ3) is 3.78. The highest BCUT2D eigenvalue weighted by molar-refractivity contribution is 5.98. The van der Waals surface area contributed by atoms with Gasteiger partial charge in [-0.05, 0) is 49.7 Å². The van der Waals surface area contributed by atoms with Crippen molar-refractivity contribution < 1.29 is 34.1 Å². The van der Waals surface area contributed by atoms with Gasteiger partial charge in [0.1, 0.15) is 25.2 Å². The zero-order valence-electron chi connectivity index (χ0n) is 23.9. The van der Waals surface area contributed by atoms with Crippen molar-refractivity contribution in [2.75, 3.05) is 7.11 Å². The van der Waals surface area contributed by atoms with Crippen LogP contribution in [0.4, 0.5) is 0 Å². The summed E-state index contributed by atoms with van der Waals surface area (Å²) < 4.78 is 13.5. The average Bonchev–Trinajstić information content (AvgIpc) is 3.19. The summed E-state index contributed by atoms with van der Waals surface area (Å²) in [7, 11) is 1.50. The van der Waals surface area contributed by atoms with Gasteiger partial charge in [0.2, 0.25) is 5.91 Å². The van der Waals surface area contributed by atoms with Gasteiger partial charge in [-0.2, -0.15) is 0 Å². The van der Waals surface area contributed by atoms with E-state index in [1.54, 1.807) is 18.3 Å². The topological polar surface area (TPSA) is 140 Å². The van der Waals surface area contributed by atoms with Crippen molar-refractivity contribution in [1.82, 2.24) is 10.3 Å². The third-order valence-electron chi connectivity index (χ3n) is 11.4. The molecule has 5 fully saturated rings. The Hall–Kier alpha value is -2.56. The van der Waals surface area contributed by atoms with Crippen molar-refractivity contribution in [3.05, 3.63) is 30.1 Å². The second-order valence-electron chi connectivity index (χ2n) is 13.4. The molecule has 1 amide bonds. The standard InChI is InChI=1S/C30H41N3O7/c1-15-8-9-21-28(2,3)24(33-38-5)20(39-27(37)16-7-6-10-31-14-16)13-30(21)29(15,4)12-18-19(34)11-17-22(23(18)40-30)26(36)32-25(17)35/h6-7,10,14-15,17-23,26,34,36H,8-9,11-13H2,1-5H3,(H,32,35). The molecular weight excluding hydrogens is 514 g/mol. The van der Waals surface area contributed by atoms with Gasteiger partial charge in [-0.1, -0.05) is 32.9 Å². The van der Waals surface area contributed by atoms with E-state index >= 15 is 0 Å². The lowest BCUT2D eigenvalue weighted by molar-refractivity contribution is -0.328. The van der Waals surface area contributed by atoms with Gasteiger partial charge in [-0.25, -0.2) is 4.79 Å². The number of carbonyl (C=O) groups excluding carboxylic acids is 2. The highest BCUT2D eigenvalue weighted by Gasteiger charge is 2.72. The summed E-state index contributed by atoms with van der Waals surface area (Å²) >= 11 is 0. The fourth-order valence-corrected chi connectivity index (χ4v) is 9.27. The molecule has 1 aromatic heterocycles. The molecule has 10 nitrogen and oxygen atoms in total. The molecule has 2 saturated heterocycles. The molecule has 218 valence electrons. The first-order valence-electron chi connectivity index (χ1n) is 14.5. The second kappa shape index (κ2) is 9.49. The molecule has 10 heteroatoms. The molecule has 40 heavy (non-hydrogen) atoms. The minimum Gasteiger partial charge on any atom is -0.452 e. The van der Waals surface area contributed by atoms with E-state index < -0.39 is 53.4 Å². The summed E-state index contributed by atoms with van der Waals surface area (Å²) in [5, 5.41) is 29.3. The lowest BCUT2D eigenvalue weighted by atomic mass is 9.42. The minimum absolute atomic E-state index is 0.00381. The first-order valence-corrected chi connectivity index (χ1v) is 14.5. The maximum atomic E-state index is 13.3. The number of aliphatic hydroxyl groups excluding tert-OH is 2. The number of hydrogen-bond donors (Lipinski definition) is 3. The Kier molecular flexibility index (Phi) is 6.55. The van der Waals surface area contributed by atoms with Gasteiger partial charge in [0.05, 0.1) is 29.3 Å². The third-order valence-corrected chi connectivity index (χ3v) is 11.4. The Morgan fingerprint density at radius 1 is 1.23 bits per heavy atom. The number of aromatic nitrogens is 1. The molecule has 3 heterocycles. The van der Waals surface area contributed by atoms with Crippen LogP contribution in [0.5, 0.6) is 0 Å². The maximum Gasteiger partial charge on any atom is 0.340 e. The van der Waals surface area contributed by atoms with Gasteiger partial charge >= 0.3 is 5.97 Å². The summed E-state index contributed by atoms with van der Waals surface area (Å²) in [5.41, 5.74) is -0.671. The van der Waals surface area contributed by atoms with Crippen LogP contribution in [-0.2, 0) is 19.1 Å². The van der Waals surface area contributed by atoms with E-state index in [9.17, 15) is 19.8 Å². The first kappa shape index (κ1) is 27.6. The molecule has 5 aliphatic rings. The van der Waals surface area contributed by atoms with Gasteiger partial charge in [0.15, 0.2) is 0 Å². The smallest absolute Gasteiger partial charge is 0.340 e. The zero-order valence-corrected chi connectivity index (χ0v) is 23.9. The predicted octanol–water partition coefficient (Wildman–Crippen LogP) is 2.68. The van der Waals surface area contributed by atoms with Gasteiger partial charge < -0.3 is 29.8 Å². The molecule has 1 aromatic rings. The molecular formula is C30H41N3O7. The Morgan fingerprint density at radius 3 is 2.70 bits per heavy atom. The number of oxime groups is 1. The molecule has 3 N–H and O–H groups in total. The van der Waals surface area contributed by atoms with Gasteiger partial charge in [-0.3, -0.25) is 9.78 Å². The fraction of sp³-hybridized carbons (Fsp3) is 0.733. The van der Waals surface area contributed by atoms with Gasteiger partial charge in [0.25, 0.3) is 0 Å². The predicted molar refractivity (Wildman–Crippen MR) is 144 cm³/mol. The maximum absolute atomic E-state index is 13.3. The molecule has 1 spiro atoms. The summed E-state index contributed by atoms with van der Waals surface area (Å²) in [5.74, 6) is -1.63. The molecule has 0 bridgehead atoms. The number of carbonyl (C=O) groups is 2. The number of fused-ring (bicyclic) bond motifs is 3. The zero-order chi connectivity index (χ0) is 28.6. The van der Waals surface area contributed by atoms with E-state index in [-0.39, 0.29) is 29.1 Å². The number of aliphatic hydroxyl groups is 2. The van der Waals surface area contributed by atoms with Crippen LogP contribution < -0.4 is 5.32 Å². The number of nitrogens with zero attached hydrogens (tertiary/aromatic N) is 2. The van der Waals surface area contributed by atoms with Crippen molar-refractivity contribution in [3.8, 4) is 0 Å². The summed E-state index contributed by atoms with van der Waals surface area (Å²) in [6, 6.07) is 3.36. The van der Waals surface area contributed by atoms with E-state index in [2.05, 4.69) is 43.2 Å². The normalized spacial score (nSPS) is 46.3. The van der Waals surface area contributed by atoms with Crippen molar-refractivity contribution >= 4 is 17.6 Å². The van der Waals surface area contributed by atoms with Crippen molar-refractivity contribution in [3.63, 3.8) is 0 Å². The Morgan fingerprint density at radius 2 is 2.00 bits per heavy atom. The molecule has 2 aliphatic heterocycles. The number of ether oxygens (including phenoxy) is 2. The van der Waals surface area contributed by atoms with Crippen LogP contribution >= 0.6 is 0 Å². The SMILES string of the molecule is CON=C1C(OC(=O)c2cccnc2)CC23OC4C(CC2(C)C(C)CCC3C1(C)C)C(O)CC1C(=O)NC(O)C14. The van der Waals surface area contributed by atoms with Crippen LogP contribution in [-0.4, -0.2) is 70.0 Å². The molecule has 0 radical (unpaired) electrons. The van der Waals surface area contributed by atoms with Crippen LogP contribution in [0.1, 0.15) is 70.2 Å². The second-order valence-corrected chi connectivity index (χ2v) is 13.4. The van der Waals surface area contributed by atoms with E-state index in [1.807, 2.05) is 0 Å². The van der Waals surface area contributed by atoms with Crippen LogP contribution in [0.2, 0.25) is 0 Å².